The number of allylic oxidation sites excluding steroid dienone is 1. The van der Waals surface area contributed by atoms with E-state index >= 15 is 0 Å². The van der Waals surface area contributed by atoms with Crippen LogP contribution in [0.2, 0.25) is 0 Å². The number of rotatable bonds is 2. The number of hydrogen-bond acceptors (Lipinski definition) is 3. The zero-order chi connectivity index (χ0) is 14.1. The summed E-state index contributed by atoms with van der Waals surface area (Å²) >= 11 is 0. The first-order valence-electron chi connectivity index (χ1n) is 8.09. The molecule has 3 rings (SSSR count). The fraction of sp³-hybridized carbons (Fsp3) is 0.765. The van der Waals surface area contributed by atoms with Gasteiger partial charge in [0.05, 0.1) is 0 Å². The van der Waals surface area contributed by atoms with Gasteiger partial charge in [0.2, 0.25) is 0 Å². The molecule has 3 aliphatic rings. The van der Waals surface area contributed by atoms with Crippen LogP contribution in [0, 0.1) is 23.7 Å². The van der Waals surface area contributed by atoms with Crippen LogP contribution in [0.25, 0.3) is 0 Å². The molecule has 0 amide bonds. The van der Waals surface area contributed by atoms with Crippen molar-refractivity contribution < 1.29 is 14.3 Å². The Morgan fingerprint density at radius 2 is 1.55 bits per heavy atom. The highest BCUT2D eigenvalue weighted by Crippen LogP contribution is 2.53. The Kier molecular flexibility index (Phi) is 3.95. The van der Waals surface area contributed by atoms with Crippen molar-refractivity contribution in [1.82, 2.24) is 0 Å². The van der Waals surface area contributed by atoms with Crippen LogP contribution in [0.4, 0.5) is 0 Å². The summed E-state index contributed by atoms with van der Waals surface area (Å²) in [6.45, 7) is 2.39. The first-order chi connectivity index (χ1) is 9.74. The molecule has 3 nitrogen and oxygen atoms in total. The van der Waals surface area contributed by atoms with E-state index in [1.165, 1.54) is 50.5 Å². The lowest BCUT2D eigenvalue weighted by Crippen LogP contribution is -2.41. The molecule has 0 radical (unpaired) electrons. The smallest absolute Gasteiger partial charge is 0.341 e. The predicted octanol–water partition coefficient (Wildman–Crippen LogP) is 3.63. The van der Waals surface area contributed by atoms with E-state index in [0.29, 0.717) is 17.8 Å². The lowest BCUT2D eigenvalue weighted by Gasteiger charge is -2.48. The number of carbonyl (C=O) groups is 2. The maximum absolute atomic E-state index is 12.2. The third-order valence-corrected chi connectivity index (χ3v) is 5.92. The Hall–Kier alpha value is -1.12. The van der Waals surface area contributed by atoms with Gasteiger partial charge < -0.3 is 4.74 Å². The first kappa shape index (κ1) is 13.8. The van der Waals surface area contributed by atoms with E-state index in [2.05, 4.69) is 6.92 Å². The second-order valence-corrected chi connectivity index (χ2v) is 6.71. The molecule has 0 heterocycles. The van der Waals surface area contributed by atoms with E-state index in [1.54, 1.807) is 0 Å². The van der Waals surface area contributed by atoms with Gasteiger partial charge in [-0.25, -0.2) is 4.79 Å². The third-order valence-electron chi connectivity index (χ3n) is 5.92. The molecule has 0 aliphatic heterocycles. The number of ether oxygens (including phenoxy) is 1. The van der Waals surface area contributed by atoms with Gasteiger partial charge >= 0.3 is 12.4 Å². The summed E-state index contributed by atoms with van der Waals surface area (Å²) in [6.07, 6.45) is 9.96. The second kappa shape index (κ2) is 5.71. The Balaban J connectivity index is 1.99. The zero-order valence-electron chi connectivity index (χ0n) is 12.3. The van der Waals surface area contributed by atoms with E-state index in [4.69, 9.17) is 4.74 Å². The van der Waals surface area contributed by atoms with Crippen LogP contribution in [-0.4, -0.2) is 12.4 Å². The molecule has 0 aromatic carbocycles. The second-order valence-electron chi connectivity index (χ2n) is 6.71. The molecular formula is C17H24O3. The van der Waals surface area contributed by atoms with Crippen LogP contribution < -0.4 is 0 Å². The van der Waals surface area contributed by atoms with E-state index in [9.17, 15) is 9.59 Å². The van der Waals surface area contributed by atoms with E-state index < -0.39 is 0 Å². The molecule has 3 aliphatic carbocycles. The normalized spacial score (nSPS) is 36.9. The van der Waals surface area contributed by atoms with Gasteiger partial charge in [-0.2, -0.15) is 0 Å². The molecule has 0 N–H and O–H groups in total. The van der Waals surface area contributed by atoms with Gasteiger partial charge in [0.25, 0.3) is 0 Å². The predicted molar refractivity (Wildman–Crippen MR) is 75.8 cm³/mol. The molecule has 0 aromatic rings. The average molecular weight is 276 g/mol. The van der Waals surface area contributed by atoms with Crippen LogP contribution >= 0.6 is 0 Å². The molecule has 3 heteroatoms. The fourth-order valence-electron chi connectivity index (χ4n) is 5.15. The molecule has 2 saturated carbocycles. The largest absolute Gasteiger partial charge is 0.392 e. The monoisotopic (exact) mass is 276 g/mol. The van der Waals surface area contributed by atoms with Gasteiger partial charge in [0.15, 0.2) is 0 Å². The molecular weight excluding hydrogens is 252 g/mol. The molecule has 4 unspecified atom stereocenters. The third kappa shape index (κ3) is 2.21. The Morgan fingerprint density at radius 1 is 1.00 bits per heavy atom. The van der Waals surface area contributed by atoms with Crippen molar-refractivity contribution in [1.29, 1.82) is 0 Å². The molecule has 0 saturated heterocycles. The molecule has 20 heavy (non-hydrogen) atoms. The summed E-state index contributed by atoms with van der Waals surface area (Å²) in [5.41, 5.74) is 2.08. The van der Waals surface area contributed by atoms with Crippen LogP contribution in [0.3, 0.4) is 0 Å². The number of fused-ring (bicyclic) bond motifs is 3. The van der Waals surface area contributed by atoms with E-state index in [0.717, 1.165) is 17.9 Å². The maximum atomic E-state index is 12.2. The van der Waals surface area contributed by atoms with Gasteiger partial charge in [-0.1, -0.05) is 31.3 Å². The number of esters is 1. The number of hydrogen-bond donors (Lipinski definition) is 0. The van der Waals surface area contributed by atoms with Crippen LogP contribution in [-0.2, 0) is 14.3 Å². The number of carbonyl (C=O) groups excluding carboxylic acids is 2. The standard InChI is InChI=1S/C17H24O3/c1-11-12-6-2-3-7-13(12)14-8-4-5-9-15(14)16(11)17(19)20-10-18/h10,12-15H,2-9H2,1H3. The quantitative estimate of drug-likeness (QED) is 0.439. The Bertz CT molecular complexity index is 438. The molecule has 2 fully saturated rings. The zero-order valence-corrected chi connectivity index (χ0v) is 12.3. The van der Waals surface area contributed by atoms with Gasteiger partial charge in [-0.05, 0) is 56.3 Å². The highest BCUT2D eigenvalue weighted by atomic mass is 16.6. The minimum Gasteiger partial charge on any atom is -0.392 e. The highest BCUT2D eigenvalue weighted by molar-refractivity contribution is 5.93. The molecule has 0 aromatic heterocycles. The lowest BCUT2D eigenvalue weighted by atomic mass is 9.56. The SMILES string of the molecule is CC1=C(C(=O)OC=O)C2CCCCC2C2CCCCC12. The van der Waals surface area contributed by atoms with Gasteiger partial charge in [0.1, 0.15) is 0 Å². The van der Waals surface area contributed by atoms with Crippen LogP contribution in [0.5, 0.6) is 0 Å². The minimum atomic E-state index is -0.376. The first-order valence-corrected chi connectivity index (χ1v) is 8.09. The Morgan fingerprint density at radius 3 is 2.20 bits per heavy atom. The Labute approximate surface area is 120 Å². The molecule has 0 spiro atoms. The van der Waals surface area contributed by atoms with Crippen LogP contribution in [0.15, 0.2) is 11.1 Å². The topological polar surface area (TPSA) is 43.4 Å². The lowest BCUT2D eigenvalue weighted by molar-refractivity contribution is -0.149. The van der Waals surface area contributed by atoms with E-state index in [1.807, 2.05) is 0 Å². The molecule has 0 bridgehead atoms. The fourth-order valence-corrected chi connectivity index (χ4v) is 5.15. The summed E-state index contributed by atoms with van der Waals surface area (Å²) in [6, 6.07) is 0. The van der Waals surface area contributed by atoms with Gasteiger partial charge in [-0.3, -0.25) is 4.79 Å². The summed E-state index contributed by atoms with van der Waals surface area (Å²) in [5.74, 6) is 1.93. The molecule has 4 atom stereocenters. The maximum Gasteiger partial charge on any atom is 0.341 e. The highest BCUT2D eigenvalue weighted by Gasteiger charge is 2.46. The van der Waals surface area contributed by atoms with Crippen molar-refractivity contribution in [2.45, 2.75) is 58.3 Å². The summed E-state index contributed by atoms with van der Waals surface area (Å²) < 4.78 is 4.70. The van der Waals surface area contributed by atoms with Crippen molar-refractivity contribution in [3.63, 3.8) is 0 Å². The minimum absolute atomic E-state index is 0.285. The van der Waals surface area contributed by atoms with Gasteiger partial charge in [0, 0.05) is 5.57 Å². The van der Waals surface area contributed by atoms with Crippen molar-refractivity contribution in [2.75, 3.05) is 0 Å². The van der Waals surface area contributed by atoms with Crippen molar-refractivity contribution in [2.24, 2.45) is 23.7 Å². The summed E-state index contributed by atoms with van der Waals surface area (Å²) in [4.78, 5) is 22.8. The molecule has 110 valence electrons. The van der Waals surface area contributed by atoms with Crippen molar-refractivity contribution in [3.05, 3.63) is 11.1 Å². The average Bonchev–Trinajstić information content (AvgIpc) is 2.48. The van der Waals surface area contributed by atoms with Crippen LogP contribution in [0.1, 0.15) is 58.3 Å². The van der Waals surface area contributed by atoms with Crippen molar-refractivity contribution in [3.8, 4) is 0 Å². The summed E-state index contributed by atoms with van der Waals surface area (Å²) in [5, 5.41) is 0. The summed E-state index contributed by atoms with van der Waals surface area (Å²) in [7, 11) is 0. The van der Waals surface area contributed by atoms with Gasteiger partial charge in [-0.15, -0.1) is 0 Å². The van der Waals surface area contributed by atoms with E-state index in [-0.39, 0.29) is 12.4 Å². The van der Waals surface area contributed by atoms with Crippen molar-refractivity contribution >= 4 is 12.4 Å².